The van der Waals surface area contributed by atoms with Crippen LogP contribution in [0.5, 0.6) is 5.75 Å². The maximum atomic E-state index is 10.3. The zero-order valence-electron chi connectivity index (χ0n) is 10.7. The number of nitrogens with one attached hydrogen (secondary N) is 1. The topological polar surface area (TPSA) is 48.9 Å². The highest BCUT2D eigenvalue weighted by Gasteiger charge is 2.20. The van der Waals surface area contributed by atoms with Gasteiger partial charge in [0, 0.05) is 6.20 Å². The average Bonchev–Trinajstić information content (AvgIpc) is 2.63. The van der Waals surface area contributed by atoms with Gasteiger partial charge in [-0.1, -0.05) is 32.9 Å². The highest BCUT2D eigenvalue weighted by atomic mass is 16.3. The number of phenolic OH excluding ortho intramolecular Hbond substituents is 1. The number of aromatic hydroxyl groups is 1. The highest BCUT2D eigenvalue weighted by molar-refractivity contribution is 5.67. The molecule has 0 saturated heterocycles. The van der Waals surface area contributed by atoms with Crippen molar-refractivity contribution in [1.82, 2.24) is 9.97 Å². The first kappa shape index (κ1) is 11.7. The number of H-pyrrole nitrogens is 1. The number of aromatic amines is 1. The fraction of sp³-hybridized carbons (Fsp3) is 0.357. The molecule has 3 heteroatoms. The summed E-state index contributed by atoms with van der Waals surface area (Å²) in [6, 6.07) is 5.78. The molecule has 3 nitrogen and oxygen atoms in total. The van der Waals surface area contributed by atoms with Crippen LogP contribution in [0.3, 0.4) is 0 Å². The second kappa shape index (κ2) is 3.91. The number of para-hydroxylation sites is 1. The van der Waals surface area contributed by atoms with Crippen LogP contribution in [0, 0.1) is 6.92 Å². The number of aromatic nitrogens is 2. The Morgan fingerprint density at radius 1 is 1.24 bits per heavy atom. The second-order valence-corrected chi connectivity index (χ2v) is 5.34. The minimum atomic E-state index is -0.0816. The van der Waals surface area contributed by atoms with E-state index in [0.29, 0.717) is 11.6 Å². The van der Waals surface area contributed by atoms with Gasteiger partial charge in [-0.05, 0) is 24.0 Å². The summed E-state index contributed by atoms with van der Waals surface area (Å²) < 4.78 is 0. The minimum Gasteiger partial charge on any atom is -0.507 e. The van der Waals surface area contributed by atoms with Gasteiger partial charge in [0.1, 0.15) is 11.6 Å². The van der Waals surface area contributed by atoms with Crippen molar-refractivity contribution < 1.29 is 5.11 Å². The van der Waals surface area contributed by atoms with Crippen molar-refractivity contribution in [1.29, 1.82) is 0 Å². The molecule has 0 fully saturated rings. The first-order valence-corrected chi connectivity index (χ1v) is 5.74. The molecule has 17 heavy (non-hydrogen) atoms. The molecule has 1 aromatic carbocycles. The summed E-state index contributed by atoms with van der Waals surface area (Å²) in [5.41, 5.74) is 2.52. The van der Waals surface area contributed by atoms with Crippen LogP contribution in [-0.4, -0.2) is 15.1 Å². The van der Waals surface area contributed by atoms with Crippen LogP contribution in [-0.2, 0) is 5.41 Å². The van der Waals surface area contributed by atoms with Crippen LogP contribution in [0.2, 0.25) is 0 Å². The van der Waals surface area contributed by atoms with Crippen molar-refractivity contribution in [2.75, 3.05) is 0 Å². The molecule has 0 aliphatic heterocycles. The van der Waals surface area contributed by atoms with E-state index < -0.39 is 0 Å². The van der Waals surface area contributed by atoms with Gasteiger partial charge in [-0.2, -0.15) is 0 Å². The molecule has 0 aliphatic carbocycles. The summed E-state index contributed by atoms with van der Waals surface area (Å²) in [6.07, 6.45) is 1.83. The average molecular weight is 230 g/mol. The molecule has 0 amide bonds. The number of phenols is 1. The van der Waals surface area contributed by atoms with Gasteiger partial charge < -0.3 is 10.1 Å². The van der Waals surface area contributed by atoms with Gasteiger partial charge in [0.2, 0.25) is 0 Å². The summed E-state index contributed by atoms with van der Waals surface area (Å²) in [7, 11) is 0. The first-order valence-electron chi connectivity index (χ1n) is 5.74. The summed E-state index contributed by atoms with van der Waals surface area (Å²) in [4.78, 5) is 7.42. The number of rotatable bonds is 1. The fourth-order valence-corrected chi connectivity index (χ4v) is 1.89. The van der Waals surface area contributed by atoms with Crippen LogP contribution < -0.4 is 0 Å². The van der Waals surface area contributed by atoms with E-state index in [1.807, 2.05) is 31.3 Å². The predicted octanol–water partition coefficient (Wildman–Crippen LogP) is 3.39. The zero-order valence-corrected chi connectivity index (χ0v) is 10.7. The number of benzene rings is 1. The third-order valence-electron chi connectivity index (χ3n) is 2.81. The maximum absolute atomic E-state index is 10.3. The van der Waals surface area contributed by atoms with Gasteiger partial charge in [-0.15, -0.1) is 0 Å². The smallest absolute Gasteiger partial charge is 0.141 e. The van der Waals surface area contributed by atoms with Crippen LogP contribution in [0.25, 0.3) is 11.4 Å². The van der Waals surface area contributed by atoms with E-state index in [1.54, 1.807) is 0 Å². The maximum Gasteiger partial charge on any atom is 0.141 e. The van der Waals surface area contributed by atoms with Crippen LogP contribution >= 0.6 is 0 Å². The van der Waals surface area contributed by atoms with Gasteiger partial charge in [0.15, 0.2) is 0 Å². The Hall–Kier alpha value is -1.77. The summed E-state index contributed by atoms with van der Waals surface area (Å²) >= 11 is 0. The van der Waals surface area contributed by atoms with Crippen LogP contribution in [0.4, 0.5) is 0 Å². The van der Waals surface area contributed by atoms with E-state index in [2.05, 4.69) is 30.7 Å². The summed E-state index contributed by atoms with van der Waals surface area (Å²) in [5.74, 6) is 1.03. The van der Waals surface area contributed by atoms with Gasteiger partial charge in [0.25, 0.3) is 0 Å². The number of hydrogen-bond acceptors (Lipinski definition) is 2. The second-order valence-electron chi connectivity index (χ2n) is 5.34. The van der Waals surface area contributed by atoms with Gasteiger partial charge in [0.05, 0.1) is 11.3 Å². The number of imidazole rings is 1. The van der Waals surface area contributed by atoms with Crippen molar-refractivity contribution in [2.24, 2.45) is 0 Å². The van der Waals surface area contributed by atoms with Crippen molar-refractivity contribution in [3.63, 3.8) is 0 Å². The van der Waals surface area contributed by atoms with E-state index in [9.17, 15) is 5.11 Å². The van der Waals surface area contributed by atoms with E-state index >= 15 is 0 Å². The zero-order chi connectivity index (χ0) is 12.6. The Morgan fingerprint density at radius 3 is 2.47 bits per heavy atom. The molecule has 0 spiro atoms. The minimum absolute atomic E-state index is 0.0816. The predicted molar refractivity (Wildman–Crippen MR) is 69.1 cm³/mol. The lowest BCUT2D eigenvalue weighted by atomic mass is 9.85. The fourth-order valence-electron chi connectivity index (χ4n) is 1.89. The Bertz CT molecular complexity index is 535. The third kappa shape index (κ3) is 2.18. The van der Waals surface area contributed by atoms with Crippen molar-refractivity contribution in [3.05, 3.63) is 35.7 Å². The molecule has 0 radical (unpaired) electrons. The molecular formula is C14H18N2O. The Morgan fingerprint density at radius 2 is 1.94 bits per heavy atom. The summed E-state index contributed by atoms with van der Waals surface area (Å²) in [5, 5.41) is 10.3. The van der Waals surface area contributed by atoms with E-state index in [1.165, 1.54) is 0 Å². The van der Waals surface area contributed by atoms with Crippen molar-refractivity contribution in [3.8, 4) is 17.1 Å². The largest absolute Gasteiger partial charge is 0.507 e. The Kier molecular flexibility index (Phi) is 2.69. The number of aryl methyl sites for hydroxylation is 1. The normalized spacial score (nSPS) is 11.8. The van der Waals surface area contributed by atoms with Gasteiger partial charge in [-0.3, -0.25) is 0 Å². The third-order valence-corrected chi connectivity index (χ3v) is 2.81. The van der Waals surface area contributed by atoms with Crippen molar-refractivity contribution in [2.45, 2.75) is 33.1 Å². The highest BCUT2D eigenvalue weighted by Crippen LogP contribution is 2.36. The van der Waals surface area contributed by atoms with E-state index in [-0.39, 0.29) is 5.41 Å². The lowest BCUT2D eigenvalue weighted by Gasteiger charge is -2.21. The molecule has 2 rings (SSSR count). The lowest BCUT2D eigenvalue weighted by Crippen LogP contribution is -2.11. The molecule has 1 aromatic heterocycles. The van der Waals surface area contributed by atoms with Gasteiger partial charge in [-0.25, -0.2) is 4.98 Å². The van der Waals surface area contributed by atoms with E-state index in [0.717, 1.165) is 16.8 Å². The molecular weight excluding hydrogens is 212 g/mol. The number of hydrogen-bond donors (Lipinski definition) is 2. The molecule has 0 bridgehead atoms. The van der Waals surface area contributed by atoms with Gasteiger partial charge >= 0.3 is 0 Å². The van der Waals surface area contributed by atoms with Crippen molar-refractivity contribution >= 4 is 0 Å². The van der Waals surface area contributed by atoms with E-state index in [4.69, 9.17) is 0 Å². The molecule has 0 saturated carbocycles. The standard InChI is InChI=1S/C14H18N2O/c1-9-8-15-13(16-9)10-6-5-7-11(12(10)17)14(2,3)4/h5-8,17H,1-4H3,(H,15,16). The first-order chi connectivity index (χ1) is 7.89. The summed E-state index contributed by atoms with van der Waals surface area (Å²) in [6.45, 7) is 8.17. The molecule has 0 aliphatic rings. The van der Waals surface area contributed by atoms with Crippen LogP contribution in [0.1, 0.15) is 32.0 Å². The molecule has 2 N–H and O–H groups in total. The molecule has 0 unspecified atom stereocenters. The monoisotopic (exact) mass is 230 g/mol. The number of nitrogens with zero attached hydrogens (tertiary/aromatic N) is 1. The van der Waals surface area contributed by atoms with Crippen LogP contribution in [0.15, 0.2) is 24.4 Å². The lowest BCUT2D eigenvalue weighted by molar-refractivity contribution is 0.448. The molecule has 2 aromatic rings. The SMILES string of the molecule is Cc1c[nH]c(-c2cccc(C(C)(C)C)c2O)n1. The molecule has 90 valence electrons. The Labute approximate surface area is 102 Å². The quantitative estimate of drug-likeness (QED) is 0.789. The molecule has 0 atom stereocenters. The Balaban J connectivity index is 2.57. The molecule has 1 heterocycles.